The van der Waals surface area contributed by atoms with Crippen LogP contribution in [0.3, 0.4) is 0 Å². The number of hydrogen-bond donors (Lipinski definition) is 2. The number of hydrogen-bond acceptors (Lipinski definition) is 9. The number of carbonyl (C=O) groups is 1. The second-order valence-corrected chi connectivity index (χ2v) is 11.1. The number of benzene rings is 1. The smallest absolute Gasteiger partial charge is 0.297 e. The van der Waals surface area contributed by atoms with Gasteiger partial charge in [0, 0.05) is 17.8 Å². The van der Waals surface area contributed by atoms with Crippen LogP contribution in [-0.4, -0.2) is 53.2 Å². The third kappa shape index (κ3) is 5.58. The van der Waals surface area contributed by atoms with Crippen LogP contribution < -0.4 is 15.4 Å². The third-order valence-electron chi connectivity index (χ3n) is 6.54. The number of amides is 1. The molecule has 0 aliphatic heterocycles. The first-order chi connectivity index (χ1) is 19.0. The number of pyridine rings is 1. The van der Waals surface area contributed by atoms with E-state index in [2.05, 4.69) is 25.7 Å². The van der Waals surface area contributed by atoms with E-state index in [0.29, 0.717) is 5.56 Å². The fourth-order valence-electron chi connectivity index (χ4n) is 4.36. The number of halogens is 2. The van der Waals surface area contributed by atoms with Crippen molar-refractivity contribution in [1.82, 2.24) is 24.9 Å². The summed E-state index contributed by atoms with van der Waals surface area (Å²) in [6, 6.07) is 8.18. The molecule has 0 unspecified atom stereocenters. The third-order valence-corrected chi connectivity index (χ3v) is 7.92. The van der Waals surface area contributed by atoms with Gasteiger partial charge in [0.2, 0.25) is 11.8 Å². The highest BCUT2D eigenvalue weighted by Crippen LogP contribution is 2.29. The highest BCUT2D eigenvalue weighted by molar-refractivity contribution is 7.86. The second-order valence-electron chi connectivity index (χ2n) is 9.49. The first-order valence-corrected chi connectivity index (χ1v) is 13.8. The minimum atomic E-state index is -3.95. The van der Waals surface area contributed by atoms with Gasteiger partial charge >= 0.3 is 0 Å². The molecule has 1 fully saturated rings. The average Bonchev–Trinajstić information content (AvgIpc) is 3.22. The molecule has 5 rings (SSSR count). The number of rotatable bonds is 9. The molecule has 1 amide bonds. The van der Waals surface area contributed by atoms with Gasteiger partial charge in [-0.25, -0.2) is 18.9 Å². The summed E-state index contributed by atoms with van der Waals surface area (Å²) < 4.78 is 65.1. The fraction of sp³-hybridized carbons (Fsp3) is 0.308. The molecule has 4 aromatic rings. The molecule has 2 N–H and O–H groups in total. The second kappa shape index (κ2) is 10.8. The number of anilines is 1. The predicted octanol–water partition coefficient (Wildman–Crippen LogP) is 3.56. The van der Waals surface area contributed by atoms with Gasteiger partial charge in [0.15, 0.2) is 5.65 Å². The van der Waals surface area contributed by atoms with Gasteiger partial charge in [-0.05, 0) is 51.0 Å². The van der Waals surface area contributed by atoms with E-state index < -0.39 is 46.0 Å². The van der Waals surface area contributed by atoms with E-state index in [4.69, 9.17) is 8.92 Å². The van der Waals surface area contributed by atoms with Crippen LogP contribution in [0, 0.1) is 18.7 Å². The Kier molecular flexibility index (Phi) is 7.38. The van der Waals surface area contributed by atoms with Gasteiger partial charge in [-0.15, -0.1) is 5.10 Å². The van der Waals surface area contributed by atoms with E-state index in [1.165, 1.54) is 37.6 Å². The molecule has 3 aromatic heterocycles. The summed E-state index contributed by atoms with van der Waals surface area (Å²) in [5.74, 6) is -1.79. The molecule has 1 aliphatic rings. The van der Waals surface area contributed by atoms with Gasteiger partial charge in [0.25, 0.3) is 16.0 Å². The van der Waals surface area contributed by atoms with Gasteiger partial charge in [-0.3, -0.25) is 8.98 Å². The number of ether oxygens (including phenoxy) is 1. The van der Waals surface area contributed by atoms with Crippen molar-refractivity contribution in [3.63, 3.8) is 0 Å². The van der Waals surface area contributed by atoms with Gasteiger partial charge in [0.1, 0.15) is 17.2 Å². The minimum absolute atomic E-state index is 0.0365. The van der Waals surface area contributed by atoms with Gasteiger partial charge in [-0.1, -0.05) is 17.7 Å². The van der Waals surface area contributed by atoms with Crippen LogP contribution in [-0.2, 0) is 14.3 Å². The van der Waals surface area contributed by atoms with Crippen LogP contribution in [0.15, 0.2) is 53.7 Å². The van der Waals surface area contributed by atoms with E-state index in [-0.39, 0.29) is 40.6 Å². The van der Waals surface area contributed by atoms with E-state index in [9.17, 15) is 22.0 Å². The molecule has 210 valence electrons. The van der Waals surface area contributed by atoms with Crippen LogP contribution in [0.2, 0.25) is 0 Å². The molecule has 0 saturated heterocycles. The molecule has 1 aliphatic carbocycles. The summed E-state index contributed by atoms with van der Waals surface area (Å²) in [5.41, 5.74) is 0.956. The predicted molar refractivity (Wildman–Crippen MR) is 139 cm³/mol. The number of nitrogens with zero attached hydrogens (tertiary/aromatic N) is 4. The Bertz CT molecular complexity index is 1670. The van der Waals surface area contributed by atoms with Crippen molar-refractivity contribution in [2.45, 2.75) is 49.8 Å². The van der Waals surface area contributed by atoms with Crippen LogP contribution in [0.4, 0.5) is 14.6 Å². The average molecular weight is 573 g/mol. The molecule has 0 spiro atoms. The first kappa shape index (κ1) is 27.4. The van der Waals surface area contributed by atoms with E-state index in [1.807, 2.05) is 6.92 Å². The highest BCUT2D eigenvalue weighted by Gasteiger charge is 2.36. The van der Waals surface area contributed by atoms with Gasteiger partial charge in [-0.2, -0.15) is 12.8 Å². The topological polar surface area (TPSA) is 137 Å². The Morgan fingerprint density at radius 1 is 1.18 bits per heavy atom. The Labute approximate surface area is 228 Å². The lowest BCUT2D eigenvalue weighted by molar-refractivity contribution is 0.0730. The Balaban J connectivity index is 1.25. The highest BCUT2D eigenvalue weighted by atomic mass is 32.2. The molecule has 40 heavy (non-hydrogen) atoms. The number of carbonyl (C=O) groups excluding carboxylic acids is 1. The lowest BCUT2D eigenvalue weighted by Gasteiger charge is -2.34. The normalized spacial score (nSPS) is 17.7. The monoisotopic (exact) mass is 572 g/mol. The Morgan fingerprint density at radius 2 is 1.90 bits per heavy atom. The summed E-state index contributed by atoms with van der Waals surface area (Å²) in [6.45, 7) is 3.59. The van der Waals surface area contributed by atoms with Crippen molar-refractivity contribution in [3.05, 3.63) is 77.2 Å². The van der Waals surface area contributed by atoms with Crippen molar-refractivity contribution in [2.24, 2.45) is 0 Å². The summed E-state index contributed by atoms with van der Waals surface area (Å²) in [5, 5.41) is 9.48. The zero-order chi connectivity index (χ0) is 28.6. The molecule has 1 aromatic carbocycles. The lowest BCUT2D eigenvalue weighted by Crippen LogP contribution is -2.48. The molecule has 1 saturated carbocycles. The van der Waals surface area contributed by atoms with Crippen LogP contribution in [0.1, 0.15) is 47.3 Å². The number of fused-ring (bicyclic) bond motifs is 1. The fourth-order valence-corrected chi connectivity index (χ4v) is 5.46. The zero-order valence-corrected chi connectivity index (χ0v) is 22.6. The summed E-state index contributed by atoms with van der Waals surface area (Å²) in [7, 11) is -2.53. The molecule has 0 bridgehead atoms. The summed E-state index contributed by atoms with van der Waals surface area (Å²) >= 11 is 0. The molecule has 11 nitrogen and oxygen atoms in total. The number of aryl methyl sites for hydroxylation is 1. The number of aromatic nitrogens is 4. The summed E-state index contributed by atoms with van der Waals surface area (Å²) in [6.07, 6.45) is 2.33. The molecule has 1 atom stereocenters. The van der Waals surface area contributed by atoms with Crippen molar-refractivity contribution in [2.75, 3.05) is 12.4 Å². The van der Waals surface area contributed by atoms with Gasteiger partial charge < -0.3 is 15.4 Å². The Hall–Kier alpha value is -4.17. The lowest BCUT2D eigenvalue weighted by atomic mass is 9.89. The van der Waals surface area contributed by atoms with E-state index in [0.717, 1.165) is 16.3 Å². The maximum atomic E-state index is 14.7. The largest absolute Gasteiger partial charge is 0.481 e. The van der Waals surface area contributed by atoms with E-state index in [1.54, 1.807) is 19.1 Å². The molecule has 3 heterocycles. The molecule has 0 radical (unpaired) electrons. The Morgan fingerprint density at radius 3 is 2.60 bits per heavy atom. The molecular weight excluding hydrogens is 546 g/mol. The van der Waals surface area contributed by atoms with Crippen molar-refractivity contribution in [1.29, 1.82) is 0 Å². The minimum Gasteiger partial charge on any atom is -0.481 e. The molecular formula is C26H26F2N6O5S. The maximum Gasteiger partial charge on any atom is 0.297 e. The van der Waals surface area contributed by atoms with Crippen molar-refractivity contribution >= 4 is 27.5 Å². The quantitative estimate of drug-likeness (QED) is 0.289. The first-order valence-electron chi connectivity index (χ1n) is 12.4. The van der Waals surface area contributed by atoms with E-state index >= 15 is 0 Å². The summed E-state index contributed by atoms with van der Waals surface area (Å²) in [4.78, 5) is 21.3. The zero-order valence-electron chi connectivity index (χ0n) is 21.8. The maximum absolute atomic E-state index is 14.7. The molecule has 14 heteroatoms. The van der Waals surface area contributed by atoms with Crippen LogP contribution >= 0.6 is 0 Å². The van der Waals surface area contributed by atoms with Crippen LogP contribution in [0.5, 0.6) is 5.88 Å². The SMILES string of the molecule is COc1ncc(F)cc1[C@@H](C)Nc1ccn2nc(F)c(C(=O)NC3CC(OS(=O)(=O)c4ccc(C)cc4)C3)c2n1. The number of methoxy groups -OCH3 is 1. The van der Waals surface area contributed by atoms with Gasteiger partial charge in [0.05, 0.1) is 30.3 Å². The van der Waals surface area contributed by atoms with Crippen LogP contribution in [0.25, 0.3) is 5.65 Å². The van der Waals surface area contributed by atoms with Crippen molar-refractivity contribution < 1.29 is 30.9 Å². The van der Waals surface area contributed by atoms with Crippen molar-refractivity contribution in [3.8, 4) is 5.88 Å². The number of nitrogens with one attached hydrogen (secondary N) is 2. The standard InChI is InChI=1S/C26H26F2N6O5S/c1-14-4-6-19(7-5-14)40(36,37)39-18-11-17(12-18)31-25(35)22-23(28)33-34-9-8-21(32-24(22)34)30-15(2)20-10-16(27)13-29-26(20)38-3/h4-10,13,15,17-18H,11-12H2,1-3H3,(H,30,32)(H,31,35)/t15-,17?,18?/m1/s1.